The quantitative estimate of drug-likeness (QED) is 0.118. The molecule has 306 valence electrons. The molecule has 0 saturated carbocycles. The van der Waals surface area contributed by atoms with E-state index in [4.69, 9.17) is 4.98 Å². The summed E-state index contributed by atoms with van der Waals surface area (Å²) in [5, 5.41) is 11.0. The number of fused-ring (bicyclic) bond motifs is 7. The zero-order chi connectivity index (χ0) is 43.2. The summed E-state index contributed by atoms with van der Waals surface area (Å²) in [4.78, 5) is 9.76. The van der Waals surface area contributed by atoms with Crippen molar-refractivity contribution in [3.05, 3.63) is 236 Å². The highest BCUT2D eigenvalue weighted by Gasteiger charge is 2.36. The summed E-state index contributed by atoms with van der Waals surface area (Å²) in [6.45, 7) is 4.75. The minimum Gasteiger partial charge on any atom is -0.310 e. The van der Waals surface area contributed by atoms with Gasteiger partial charge in [-0.1, -0.05) is 172 Å². The zero-order valence-electron chi connectivity index (χ0n) is 36.2. The minimum atomic E-state index is -0.163. The number of rotatable bonds is 7. The van der Waals surface area contributed by atoms with Crippen LogP contribution in [0.25, 0.3) is 76.2 Å². The molecule has 1 aliphatic carbocycles. The van der Waals surface area contributed by atoms with Crippen molar-refractivity contribution in [1.29, 1.82) is 0 Å². The fourth-order valence-corrected chi connectivity index (χ4v) is 11.0. The van der Waals surface area contributed by atoms with E-state index in [9.17, 15) is 0 Å². The van der Waals surface area contributed by atoms with E-state index in [-0.39, 0.29) is 5.41 Å². The Balaban J connectivity index is 1.13. The Kier molecular flexibility index (Phi) is 8.25. The number of aromatic nitrogens is 1. The normalized spacial score (nSPS) is 12.9. The highest BCUT2D eigenvalue weighted by Crippen LogP contribution is 2.55. The first-order valence-electron chi connectivity index (χ1n) is 22.5. The van der Waals surface area contributed by atoms with Gasteiger partial charge < -0.3 is 9.80 Å². The average molecular weight is 830 g/mol. The van der Waals surface area contributed by atoms with Gasteiger partial charge in [-0.15, -0.1) is 0 Å². The van der Waals surface area contributed by atoms with Crippen LogP contribution < -0.4 is 9.80 Å². The Bertz CT molecular complexity index is 3820. The number of hydrogen-bond acceptors (Lipinski definition) is 3. The maximum atomic E-state index is 4.80. The van der Waals surface area contributed by atoms with Gasteiger partial charge in [-0.3, -0.25) is 4.98 Å². The highest BCUT2D eigenvalue weighted by molar-refractivity contribution is 6.38. The van der Waals surface area contributed by atoms with Crippen LogP contribution in [0.15, 0.2) is 225 Å². The van der Waals surface area contributed by atoms with E-state index in [2.05, 4.69) is 236 Å². The molecule has 0 saturated heterocycles. The maximum absolute atomic E-state index is 4.80. The summed E-state index contributed by atoms with van der Waals surface area (Å²) in [5.41, 5.74) is 15.2. The monoisotopic (exact) mass is 829 g/mol. The molecule has 0 spiro atoms. The second-order valence-electron chi connectivity index (χ2n) is 17.9. The van der Waals surface area contributed by atoms with Crippen LogP contribution in [0.3, 0.4) is 0 Å². The van der Waals surface area contributed by atoms with Crippen molar-refractivity contribution in [2.45, 2.75) is 19.3 Å². The van der Waals surface area contributed by atoms with Crippen molar-refractivity contribution in [2.75, 3.05) is 9.80 Å². The molecule has 0 N–H and O–H groups in total. The lowest BCUT2D eigenvalue weighted by Crippen LogP contribution is -2.17. The molecular weight excluding hydrogens is 787 g/mol. The van der Waals surface area contributed by atoms with E-state index >= 15 is 0 Å². The molecule has 1 aromatic heterocycles. The van der Waals surface area contributed by atoms with E-state index < -0.39 is 0 Å². The lowest BCUT2D eigenvalue weighted by molar-refractivity contribution is 0.660. The van der Waals surface area contributed by atoms with Crippen LogP contribution in [0, 0.1) is 0 Å². The SMILES string of the molecule is CC1(C)c2ccccc2-c2ccc(N(c3ccccc3-c3ccccc3)c3ccc4ccc5ccc(N(c6ccccc6)c6ccc7cccnc7c6)c6c7ccccc7c3c4c56)cc21. The first-order chi connectivity index (χ1) is 32.0. The summed E-state index contributed by atoms with van der Waals surface area (Å²) in [5.74, 6) is 0. The molecule has 0 radical (unpaired) electrons. The lowest BCUT2D eigenvalue weighted by atomic mass is 9.82. The van der Waals surface area contributed by atoms with Gasteiger partial charge in [0.1, 0.15) is 0 Å². The van der Waals surface area contributed by atoms with Gasteiger partial charge in [0.05, 0.1) is 22.6 Å². The number of hydrogen-bond donors (Lipinski definition) is 0. The molecular formula is C62H43N3. The molecule has 11 aromatic carbocycles. The van der Waals surface area contributed by atoms with Crippen molar-refractivity contribution < 1.29 is 0 Å². The molecule has 1 heterocycles. The van der Waals surface area contributed by atoms with Gasteiger partial charge in [0, 0.05) is 61.2 Å². The molecule has 3 heteroatoms. The first-order valence-corrected chi connectivity index (χ1v) is 22.5. The number of pyridine rings is 1. The minimum absolute atomic E-state index is 0.163. The van der Waals surface area contributed by atoms with Gasteiger partial charge in [0.2, 0.25) is 0 Å². The Morgan fingerprint density at radius 1 is 0.354 bits per heavy atom. The predicted molar refractivity (Wildman–Crippen MR) is 275 cm³/mol. The Hall–Kier alpha value is -8.27. The van der Waals surface area contributed by atoms with Crippen LogP contribution in [-0.2, 0) is 5.41 Å². The van der Waals surface area contributed by atoms with Gasteiger partial charge in [-0.05, 0) is 110 Å². The predicted octanol–water partition coefficient (Wildman–Crippen LogP) is 17.2. The fraction of sp³-hybridized carbons (Fsp3) is 0.0484. The van der Waals surface area contributed by atoms with E-state index in [1.165, 1.54) is 76.5 Å². The summed E-state index contributed by atoms with van der Waals surface area (Å²) >= 11 is 0. The highest BCUT2D eigenvalue weighted by atomic mass is 15.2. The molecule has 0 aliphatic heterocycles. The second-order valence-corrected chi connectivity index (χ2v) is 17.9. The Labute approximate surface area is 378 Å². The maximum Gasteiger partial charge on any atom is 0.0722 e. The van der Waals surface area contributed by atoms with E-state index in [0.29, 0.717) is 0 Å². The van der Waals surface area contributed by atoms with Crippen LogP contribution in [0.4, 0.5) is 34.1 Å². The molecule has 3 nitrogen and oxygen atoms in total. The van der Waals surface area contributed by atoms with Crippen molar-refractivity contribution in [3.8, 4) is 22.3 Å². The summed E-state index contributed by atoms with van der Waals surface area (Å²) < 4.78 is 0. The molecule has 0 unspecified atom stereocenters. The average Bonchev–Trinajstić information content (AvgIpc) is 3.59. The molecule has 1 aliphatic rings. The third-order valence-electron chi connectivity index (χ3n) is 14.0. The second kappa shape index (κ2) is 14.4. The molecule has 0 fully saturated rings. The standard InChI is InChI=1S/C62H43N3/c1-62(2)52-25-13-11-22-48(52)49-34-33-45(38-53(49)62)65(55-26-14-12-21-47(55)40-16-5-3-6-17-40)57-36-31-43-28-27-42-30-35-56(60-50-23-9-10-24-51(50)61(57)59(43)58(42)60)64(44-19-7-4-8-20-44)46-32-29-41-18-15-37-63-54(41)39-46/h3-39H,1-2H3. The fourth-order valence-electron chi connectivity index (χ4n) is 11.0. The van der Waals surface area contributed by atoms with Gasteiger partial charge in [0.15, 0.2) is 0 Å². The van der Waals surface area contributed by atoms with Crippen LogP contribution in [0.5, 0.6) is 0 Å². The van der Waals surface area contributed by atoms with Gasteiger partial charge >= 0.3 is 0 Å². The van der Waals surface area contributed by atoms with Crippen LogP contribution >= 0.6 is 0 Å². The third kappa shape index (κ3) is 5.65. The van der Waals surface area contributed by atoms with E-state index in [1.54, 1.807) is 0 Å². The van der Waals surface area contributed by atoms with Crippen molar-refractivity contribution in [2.24, 2.45) is 0 Å². The Morgan fingerprint density at radius 2 is 0.908 bits per heavy atom. The van der Waals surface area contributed by atoms with Crippen LogP contribution in [0.1, 0.15) is 25.0 Å². The van der Waals surface area contributed by atoms with E-state index in [0.717, 1.165) is 45.0 Å². The number of benzene rings is 11. The third-order valence-corrected chi connectivity index (χ3v) is 14.0. The smallest absolute Gasteiger partial charge is 0.0722 e. The number of nitrogens with zero attached hydrogens (tertiary/aromatic N) is 3. The molecule has 0 bridgehead atoms. The topological polar surface area (TPSA) is 19.4 Å². The number of para-hydroxylation sites is 2. The van der Waals surface area contributed by atoms with Crippen LogP contribution in [0.2, 0.25) is 0 Å². The molecule has 12 aromatic rings. The van der Waals surface area contributed by atoms with Crippen molar-refractivity contribution >= 4 is 88.1 Å². The largest absolute Gasteiger partial charge is 0.310 e. The summed E-state index contributed by atoms with van der Waals surface area (Å²) in [6.07, 6.45) is 1.88. The van der Waals surface area contributed by atoms with Gasteiger partial charge in [-0.2, -0.15) is 0 Å². The van der Waals surface area contributed by atoms with E-state index in [1.807, 2.05) is 12.3 Å². The van der Waals surface area contributed by atoms with Crippen molar-refractivity contribution in [3.63, 3.8) is 0 Å². The van der Waals surface area contributed by atoms with Crippen LogP contribution in [-0.4, -0.2) is 4.98 Å². The Morgan fingerprint density at radius 3 is 1.65 bits per heavy atom. The zero-order valence-corrected chi connectivity index (χ0v) is 36.2. The lowest BCUT2D eigenvalue weighted by Gasteiger charge is -2.32. The molecule has 65 heavy (non-hydrogen) atoms. The van der Waals surface area contributed by atoms with Gasteiger partial charge in [-0.25, -0.2) is 0 Å². The molecule has 13 rings (SSSR count). The summed E-state index contributed by atoms with van der Waals surface area (Å²) in [6, 6.07) is 80.4. The molecule has 0 atom stereocenters. The van der Waals surface area contributed by atoms with Crippen molar-refractivity contribution in [1.82, 2.24) is 4.98 Å². The summed E-state index contributed by atoms with van der Waals surface area (Å²) in [7, 11) is 0. The molecule has 0 amide bonds. The van der Waals surface area contributed by atoms with Gasteiger partial charge in [0.25, 0.3) is 0 Å². The first kappa shape index (κ1) is 37.3. The number of anilines is 6.